The average Bonchev–Trinajstić information content (AvgIpc) is 3.17. The minimum atomic E-state index is -0.482. The van der Waals surface area contributed by atoms with Gasteiger partial charge in [-0.05, 0) is 44.0 Å². The highest BCUT2D eigenvalue weighted by molar-refractivity contribution is 6.05. The van der Waals surface area contributed by atoms with E-state index >= 15 is 0 Å². The molecule has 1 atom stereocenters. The molecule has 4 aromatic rings. The predicted molar refractivity (Wildman–Crippen MR) is 150 cm³/mol. The van der Waals surface area contributed by atoms with E-state index in [1.807, 2.05) is 47.4 Å². The van der Waals surface area contributed by atoms with Crippen molar-refractivity contribution in [2.75, 3.05) is 24.1 Å². The quantitative estimate of drug-likeness (QED) is 0.410. The lowest BCUT2D eigenvalue weighted by Crippen LogP contribution is -2.37. The van der Waals surface area contributed by atoms with Crippen LogP contribution in [0.25, 0.3) is 16.9 Å². The summed E-state index contributed by atoms with van der Waals surface area (Å²) >= 11 is 0. The average molecular weight is 526 g/mol. The lowest BCUT2D eigenvalue weighted by atomic mass is 9.94. The third-order valence-electron chi connectivity index (χ3n) is 7.30. The highest BCUT2D eigenvalue weighted by atomic mass is 16.2. The van der Waals surface area contributed by atoms with Gasteiger partial charge in [0, 0.05) is 44.2 Å². The van der Waals surface area contributed by atoms with Crippen LogP contribution in [0.3, 0.4) is 0 Å². The first-order valence-electron chi connectivity index (χ1n) is 12.9. The fourth-order valence-corrected chi connectivity index (χ4v) is 5.06. The number of carbonyl (C=O) groups excluding carboxylic acids is 2. The third-order valence-corrected chi connectivity index (χ3v) is 7.30. The van der Waals surface area contributed by atoms with Gasteiger partial charge >= 0.3 is 0 Å². The number of aromatic nitrogens is 4. The van der Waals surface area contributed by atoms with Crippen LogP contribution < -0.4 is 16.6 Å². The van der Waals surface area contributed by atoms with E-state index in [4.69, 9.17) is 10.7 Å². The number of piperidine rings is 1. The van der Waals surface area contributed by atoms with Crippen LogP contribution >= 0.6 is 0 Å². The Morgan fingerprint density at radius 3 is 2.49 bits per heavy atom. The van der Waals surface area contributed by atoms with Gasteiger partial charge < -0.3 is 16.0 Å². The summed E-state index contributed by atoms with van der Waals surface area (Å²) in [4.78, 5) is 49.2. The number of rotatable bonds is 5. The summed E-state index contributed by atoms with van der Waals surface area (Å²) in [5, 5.41) is 2.83. The van der Waals surface area contributed by atoms with E-state index in [-0.39, 0.29) is 22.9 Å². The summed E-state index contributed by atoms with van der Waals surface area (Å²) < 4.78 is 3.15. The normalized spacial score (nSPS) is 15.3. The Morgan fingerprint density at radius 1 is 1.08 bits per heavy atom. The summed E-state index contributed by atoms with van der Waals surface area (Å²) in [6.45, 7) is 4.70. The lowest BCUT2D eigenvalue weighted by Gasteiger charge is -2.31. The second kappa shape index (κ2) is 10.6. The number of likely N-dealkylation sites (tertiary alicyclic amines) is 1. The van der Waals surface area contributed by atoms with Crippen molar-refractivity contribution in [2.45, 2.75) is 32.6 Å². The van der Waals surface area contributed by atoms with Gasteiger partial charge in [0.05, 0.1) is 23.3 Å². The zero-order valence-electron chi connectivity index (χ0n) is 22.2. The number of carbonyl (C=O) groups is 2. The number of nitrogens with zero attached hydrogens (tertiary/aromatic N) is 5. The second-order valence-electron chi connectivity index (χ2n) is 9.80. The van der Waals surface area contributed by atoms with E-state index in [0.717, 1.165) is 30.6 Å². The first-order chi connectivity index (χ1) is 18.7. The Morgan fingerprint density at radius 2 is 1.79 bits per heavy atom. The van der Waals surface area contributed by atoms with Crippen LogP contribution in [0, 0.1) is 6.92 Å². The monoisotopic (exact) mass is 525 g/mol. The van der Waals surface area contributed by atoms with Crippen LogP contribution in [0.15, 0.2) is 65.6 Å². The zero-order valence-corrected chi connectivity index (χ0v) is 22.2. The lowest BCUT2D eigenvalue weighted by molar-refractivity contribution is -0.130. The minimum Gasteiger partial charge on any atom is -0.382 e. The number of hydrogen-bond donors (Lipinski definition) is 2. The number of nitrogen functional groups attached to an aromatic ring is 1. The molecule has 0 saturated carbocycles. The Kier molecular flexibility index (Phi) is 7.02. The standard InChI is InChI=1S/C29H31N7O3/c1-18-25(29(39)36(34(18)3)23-9-5-4-6-10-23)28(38)32-22-13-11-20(12-14-22)26-27(30)31-16-24(33-26)21-8-7-15-35(17-21)19(2)37/h4-6,9-14,16,21H,7-8,15,17H2,1-3H3,(H2,30,31)(H,32,38). The Bertz CT molecular complexity index is 1590. The van der Waals surface area contributed by atoms with Gasteiger partial charge in [-0.3, -0.25) is 19.1 Å². The van der Waals surface area contributed by atoms with Gasteiger partial charge in [0.1, 0.15) is 17.1 Å². The van der Waals surface area contributed by atoms with Gasteiger partial charge in [-0.15, -0.1) is 0 Å². The molecule has 1 unspecified atom stereocenters. The third kappa shape index (κ3) is 5.05. The van der Waals surface area contributed by atoms with Gasteiger partial charge in [0.15, 0.2) is 0 Å². The summed E-state index contributed by atoms with van der Waals surface area (Å²) in [6, 6.07) is 16.3. The predicted octanol–water partition coefficient (Wildman–Crippen LogP) is 3.50. The molecule has 0 aliphatic carbocycles. The van der Waals surface area contributed by atoms with E-state index in [9.17, 15) is 14.4 Å². The summed E-state index contributed by atoms with van der Waals surface area (Å²) in [5.74, 6) is -0.0203. The molecule has 2 aromatic heterocycles. The molecule has 1 aliphatic rings. The number of amides is 2. The maximum absolute atomic E-state index is 13.2. The van der Waals surface area contributed by atoms with Gasteiger partial charge in [-0.1, -0.05) is 30.3 Å². The Hall–Kier alpha value is -4.73. The molecule has 39 heavy (non-hydrogen) atoms. The molecule has 10 nitrogen and oxygen atoms in total. The molecule has 2 aromatic carbocycles. The van der Waals surface area contributed by atoms with Crippen LogP contribution in [0.5, 0.6) is 0 Å². The molecule has 1 saturated heterocycles. The number of nitrogens with one attached hydrogen (secondary N) is 1. The number of para-hydroxylation sites is 1. The summed E-state index contributed by atoms with van der Waals surface area (Å²) in [6.07, 6.45) is 3.53. The van der Waals surface area contributed by atoms with Crippen LogP contribution in [-0.2, 0) is 11.8 Å². The number of nitrogens with two attached hydrogens (primary N) is 1. The highest BCUT2D eigenvalue weighted by Crippen LogP contribution is 2.30. The van der Waals surface area contributed by atoms with Crippen molar-refractivity contribution in [1.82, 2.24) is 24.2 Å². The molecule has 1 aliphatic heterocycles. The molecule has 5 rings (SSSR count). The topological polar surface area (TPSA) is 128 Å². The largest absolute Gasteiger partial charge is 0.382 e. The number of hydrogen-bond acceptors (Lipinski definition) is 6. The van der Waals surface area contributed by atoms with Crippen LogP contribution in [0.2, 0.25) is 0 Å². The summed E-state index contributed by atoms with van der Waals surface area (Å²) in [7, 11) is 1.75. The van der Waals surface area contributed by atoms with Crippen LogP contribution in [0.1, 0.15) is 47.4 Å². The maximum atomic E-state index is 13.2. The fraction of sp³-hybridized carbons (Fsp3) is 0.276. The highest BCUT2D eigenvalue weighted by Gasteiger charge is 2.25. The molecule has 200 valence electrons. The van der Waals surface area contributed by atoms with Crippen molar-refractivity contribution in [1.29, 1.82) is 0 Å². The molecule has 2 amide bonds. The summed E-state index contributed by atoms with van der Waals surface area (Å²) in [5.41, 5.74) is 9.74. The van der Waals surface area contributed by atoms with Crippen molar-refractivity contribution in [3.63, 3.8) is 0 Å². The van der Waals surface area contributed by atoms with E-state index in [1.165, 1.54) is 4.68 Å². The molecule has 0 spiro atoms. The van der Waals surface area contributed by atoms with Gasteiger partial charge in [0.2, 0.25) is 5.91 Å². The van der Waals surface area contributed by atoms with E-state index in [0.29, 0.717) is 35.1 Å². The smallest absolute Gasteiger partial charge is 0.284 e. The Labute approximate surface area is 226 Å². The van der Waals surface area contributed by atoms with E-state index in [1.54, 1.807) is 43.9 Å². The SMILES string of the molecule is CC(=O)N1CCCC(c2cnc(N)c(-c3ccc(NC(=O)c4c(C)n(C)n(-c5ccccc5)c4=O)cc3)n2)C1. The van der Waals surface area contributed by atoms with Gasteiger partial charge in [-0.25, -0.2) is 14.6 Å². The van der Waals surface area contributed by atoms with Crippen molar-refractivity contribution in [3.8, 4) is 16.9 Å². The molecular formula is C29H31N7O3. The van der Waals surface area contributed by atoms with Gasteiger partial charge in [0.25, 0.3) is 11.5 Å². The van der Waals surface area contributed by atoms with Crippen molar-refractivity contribution in [2.24, 2.45) is 7.05 Å². The maximum Gasteiger partial charge on any atom is 0.284 e. The van der Waals surface area contributed by atoms with Crippen molar-refractivity contribution < 1.29 is 9.59 Å². The molecule has 3 heterocycles. The molecule has 0 radical (unpaired) electrons. The Balaban J connectivity index is 1.36. The first-order valence-corrected chi connectivity index (χ1v) is 12.9. The van der Waals surface area contributed by atoms with E-state index < -0.39 is 5.91 Å². The molecule has 0 bridgehead atoms. The fourth-order valence-electron chi connectivity index (χ4n) is 5.06. The van der Waals surface area contributed by atoms with Crippen LogP contribution in [-0.4, -0.2) is 49.1 Å². The first kappa shape index (κ1) is 25.9. The zero-order chi connectivity index (χ0) is 27.7. The number of anilines is 2. The van der Waals surface area contributed by atoms with Crippen molar-refractivity contribution >= 4 is 23.3 Å². The minimum absolute atomic E-state index is 0.0608. The van der Waals surface area contributed by atoms with Crippen molar-refractivity contribution in [3.05, 3.63) is 88.1 Å². The molecule has 10 heteroatoms. The second-order valence-corrected chi connectivity index (χ2v) is 9.80. The van der Waals surface area contributed by atoms with E-state index in [2.05, 4.69) is 10.3 Å². The van der Waals surface area contributed by atoms with Crippen LogP contribution in [0.4, 0.5) is 11.5 Å². The van der Waals surface area contributed by atoms with Gasteiger partial charge in [-0.2, -0.15) is 0 Å². The molecule has 3 N–H and O–H groups in total. The molecular weight excluding hydrogens is 494 g/mol. The molecule has 1 fully saturated rings. The number of benzene rings is 2.